The SMILES string of the molecule is C=C(O)CC1(C#N)CCC1. The Kier molecular flexibility index (Phi) is 1.67. The first kappa shape index (κ1) is 7.14. The van der Waals surface area contributed by atoms with Crippen LogP contribution in [-0.4, -0.2) is 5.11 Å². The molecule has 1 saturated carbocycles. The second-order valence-corrected chi connectivity index (χ2v) is 2.99. The maximum atomic E-state index is 8.84. The van der Waals surface area contributed by atoms with Gasteiger partial charge in [0.25, 0.3) is 0 Å². The topological polar surface area (TPSA) is 44.0 Å². The van der Waals surface area contributed by atoms with Crippen molar-refractivity contribution in [2.45, 2.75) is 25.7 Å². The van der Waals surface area contributed by atoms with Crippen LogP contribution in [0.1, 0.15) is 25.7 Å². The van der Waals surface area contributed by atoms with Gasteiger partial charge in [0.15, 0.2) is 0 Å². The van der Waals surface area contributed by atoms with Crippen molar-refractivity contribution in [3.05, 3.63) is 12.3 Å². The van der Waals surface area contributed by atoms with Crippen LogP contribution in [0.25, 0.3) is 0 Å². The van der Waals surface area contributed by atoms with Gasteiger partial charge in [0.05, 0.1) is 17.2 Å². The van der Waals surface area contributed by atoms with Gasteiger partial charge in [0.1, 0.15) is 0 Å². The monoisotopic (exact) mass is 137 g/mol. The molecule has 54 valence electrons. The summed E-state index contributed by atoms with van der Waals surface area (Å²) in [6.45, 7) is 3.37. The van der Waals surface area contributed by atoms with Crippen molar-refractivity contribution in [2.24, 2.45) is 5.41 Å². The van der Waals surface area contributed by atoms with Gasteiger partial charge in [-0.1, -0.05) is 13.0 Å². The Labute approximate surface area is 60.8 Å². The molecule has 2 heteroatoms. The zero-order valence-electron chi connectivity index (χ0n) is 5.93. The number of hydrogen-bond acceptors (Lipinski definition) is 2. The van der Waals surface area contributed by atoms with Crippen LogP contribution in [0.4, 0.5) is 0 Å². The van der Waals surface area contributed by atoms with Gasteiger partial charge in [-0.3, -0.25) is 0 Å². The molecule has 1 N–H and O–H groups in total. The van der Waals surface area contributed by atoms with Crippen LogP contribution in [0.15, 0.2) is 12.3 Å². The summed E-state index contributed by atoms with van der Waals surface area (Å²) in [5.74, 6) is 0.140. The van der Waals surface area contributed by atoms with E-state index in [4.69, 9.17) is 10.4 Å². The molecule has 1 aliphatic carbocycles. The van der Waals surface area contributed by atoms with Gasteiger partial charge in [0.2, 0.25) is 0 Å². The Bertz CT molecular complexity index is 186. The van der Waals surface area contributed by atoms with Crippen molar-refractivity contribution in [3.8, 4) is 6.07 Å². The highest BCUT2D eigenvalue weighted by atomic mass is 16.3. The third-order valence-electron chi connectivity index (χ3n) is 2.09. The van der Waals surface area contributed by atoms with Crippen LogP contribution in [0.2, 0.25) is 0 Å². The minimum atomic E-state index is -0.258. The van der Waals surface area contributed by atoms with E-state index in [2.05, 4.69) is 12.6 Å². The molecule has 0 heterocycles. The number of rotatable bonds is 2. The van der Waals surface area contributed by atoms with Crippen molar-refractivity contribution in [1.29, 1.82) is 5.26 Å². The largest absolute Gasteiger partial charge is 0.513 e. The van der Waals surface area contributed by atoms with Crippen LogP contribution in [0.5, 0.6) is 0 Å². The lowest BCUT2D eigenvalue weighted by atomic mass is 9.67. The number of hydrogen-bond donors (Lipinski definition) is 1. The number of nitriles is 1. The molecule has 0 unspecified atom stereocenters. The second kappa shape index (κ2) is 2.34. The van der Waals surface area contributed by atoms with Crippen LogP contribution in [-0.2, 0) is 0 Å². The van der Waals surface area contributed by atoms with Gasteiger partial charge >= 0.3 is 0 Å². The number of allylic oxidation sites excluding steroid dienone is 1. The zero-order valence-corrected chi connectivity index (χ0v) is 5.93. The maximum absolute atomic E-state index is 8.84. The molecule has 0 bridgehead atoms. The molecule has 0 aromatic carbocycles. The van der Waals surface area contributed by atoms with Gasteiger partial charge in [-0.15, -0.1) is 0 Å². The van der Waals surface area contributed by atoms with Crippen molar-refractivity contribution in [1.82, 2.24) is 0 Å². The van der Waals surface area contributed by atoms with Crippen molar-refractivity contribution in [2.75, 3.05) is 0 Å². The van der Waals surface area contributed by atoms with Gasteiger partial charge in [-0.25, -0.2) is 0 Å². The predicted molar refractivity (Wildman–Crippen MR) is 38.3 cm³/mol. The zero-order chi connectivity index (χ0) is 7.61. The van der Waals surface area contributed by atoms with E-state index in [1.165, 1.54) is 0 Å². The fourth-order valence-corrected chi connectivity index (χ4v) is 1.32. The molecule has 0 aliphatic heterocycles. The van der Waals surface area contributed by atoms with E-state index >= 15 is 0 Å². The minimum absolute atomic E-state index is 0.140. The first-order chi connectivity index (χ1) is 4.68. The lowest BCUT2D eigenvalue weighted by molar-refractivity contribution is 0.186. The van der Waals surface area contributed by atoms with Crippen LogP contribution in [0.3, 0.4) is 0 Å². The van der Waals surface area contributed by atoms with E-state index in [1.54, 1.807) is 0 Å². The fraction of sp³-hybridized carbons (Fsp3) is 0.625. The Morgan fingerprint density at radius 3 is 2.40 bits per heavy atom. The van der Waals surface area contributed by atoms with E-state index in [0.717, 1.165) is 19.3 Å². The molecular weight excluding hydrogens is 126 g/mol. The highest BCUT2D eigenvalue weighted by Gasteiger charge is 2.37. The van der Waals surface area contributed by atoms with E-state index in [9.17, 15) is 0 Å². The molecule has 0 saturated heterocycles. The molecule has 0 amide bonds. The third kappa shape index (κ3) is 1.13. The number of aliphatic hydroxyl groups is 1. The summed E-state index contributed by atoms with van der Waals surface area (Å²) >= 11 is 0. The highest BCUT2D eigenvalue weighted by molar-refractivity contribution is 5.09. The summed E-state index contributed by atoms with van der Waals surface area (Å²) in [7, 11) is 0. The van der Waals surface area contributed by atoms with E-state index in [1.807, 2.05) is 0 Å². The molecule has 1 aliphatic rings. The minimum Gasteiger partial charge on any atom is -0.513 e. The summed E-state index contributed by atoms with van der Waals surface area (Å²) in [5.41, 5.74) is -0.258. The molecule has 0 radical (unpaired) electrons. The quantitative estimate of drug-likeness (QED) is 0.592. The molecule has 0 atom stereocenters. The summed E-state index contributed by atoms with van der Waals surface area (Å²) in [5, 5.41) is 17.5. The standard InChI is InChI=1S/C8H11NO/c1-7(10)5-8(6-9)3-2-4-8/h10H,1-5H2. The fourth-order valence-electron chi connectivity index (χ4n) is 1.32. The summed E-state index contributed by atoms with van der Waals surface area (Å²) in [4.78, 5) is 0. The van der Waals surface area contributed by atoms with Gasteiger partial charge < -0.3 is 5.11 Å². The van der Waals surface area contributed by atoms with Gasteiger partial charge in [-0.05, 0) is 12.8 Å². The average Bonchev–Trinajstić information content (AvgIpc) is 1.78. The first-order valence-corrected chi connectivity index (χ1v) is 3.46. The smallest absolute Gasteiger partial charge is 0.0867 e. The average molecular weight is 137 g/mol. The molecule has 0 aromatic heterocycles. The Morgan fingerprint density at radius 2 is 2.30 bits per heavy atom. The summed E-state index contributed by atoms with van der Waals surface area (Å²) < 4.78 is 0. The number of nitrogens with zero attached hydrogens (tertiary/aromatic N) is 1. The Balaban J connectivity index is 2.51. The Hall–Kier alpha value is -0.970. The van der Waals surface area contributed by atoms with Crippen LogP contribution in [0, 0.1) is 16.7 Å². The van der Waals surface area contributed by atoms with Crippen molar-refractivity contribution >= 4 is 0 Å². The van der Waals surface area contributed by atoms with Crippen molar-refractivity contribution < 1.29 is 5.11 Å². The lowest BCUT2D eigenvalue weighted by Gasteiger charge is -2.34. The maximum Gasteiger partial charge on any atom is 0.0867 e. The van der Waals surface area contributed by atoms with Crippen LogP contribution < -0.4 is 0 Å². The van der Waals surface area contributed by atoms with Crippen LogP contribution >= 0.6 is 0 Å². The highest BCUT2D eigenvalue weighted by Crippen LogP contribution is 2.44. The molecule has 1 rings (SSSR count). The van der Waals surface area contributed by atoms with Crippen molar-refractivity contribution in [3.63, 3.8) is 0 Å². The molecule has 0 spiro atoms. The van der Waals surface area contributed by atoms with Gasteiger partial charge in [-0.2, -0.15) is 5.26 Å². The Morgan fingerprint density at radius 1 is 1.70 bits per heavy atom. The number of aliphatic hydroxyl groups excluding tert-OH is 1. The molecular formula is C8H11NO. The first-order valence-electron chi connectivity index (χ1n) is 3.46. The molecule has 2 nitrogen and oxygen atoms in total. The summed E-state index contributed by atoms with van der Waals surface area (Å²) in [6.07, 6.45) is 3.41. The normalized spacial score (nSPS) is 20.7. The second-order valence-electron chi connectivity index (χ2n) is 2.99. The molecule has 10 heavy (non-hydrogen) atoms. The predicted octanol–water partition coefficient (Wildman–Crippen LogP) is 2.14. The molecule has 0 aromatic rings. The van der Waals surface area contributed by atoms with Gasteiger partial charge in [0, 0.05) is 6.42 Å². The molecule has 1 fully saturated rings. The summed E-state index contributed by atoms with van der Waals surface area (Å²) in [6, 6.07) is 2.23. The van der Waals surface area contributed by atoms with E-state index in [-0.39, 0.29) is 11.2 Å². The lowest BCUT2D eigenvalue weighted by Crippen LogP contribution is -2.27. The third-order valence-corrected chi connectivity index (χ3v) is 2.09. The van der Waals surface area contributed by atoms with E-state index < -0.39 is 0 Å². The van der Waals surface area contributed by atoms with E-state index in [0.29, 0.717) is 6.42 Å².